The number of hydrogen-bond donors (Lipinski definition) is 2. The van der Waals surface area contributed by atoms with Crippen LogP contribution in [0.15, 0.2) is 36.4 Å². The molecule has 1 saturated heterocycles. The highest BCUT2D eigenvalue weighted by Crippen LogP contribution is 2.20. The van der Waals surface area contributed by atoms with Gasteiger partial charge in [-0.2, -0.15) is 0 Å². The van der Waals surface area contributed by atoms with E-state index in [4.69, 9.17) is 0 Å². The lowest BCUT2D eigenvalue weighted by Crippen LogP contribution is -2.67. The van der Waals surface area contributed by atoms with Crippen LogP contribution in [0.4, 0.5) is 8.78 Å². The van der Waals surface area contributed by atoms with E-state index >= 15 is 0 Å². The van der Waals surface area contributed by atoms with Gasteiger partial charge in [0.2, 0.25) is 11.8 Å². The molecule has 0 spiro atoms. The molecule has 0 unspecified atom stereocenters. The third-order valence-corrected chi connectivity index (χ3v) is 3.72. The summed E-state index contributed by atoms with van der Waals surface area (Å²) in [6.07, 6.45) is 2.57. The predicted octanol–water partition coefficient (Wildman–Crippen LogP) is 1.24. The van der Waals surface area contributed by atoms with Gasteiger partial charge in [-0.3, -0.25) is 9.59 Å². The number of carbonyl (C=O) groups is 2. The van der Waals surface area contributed by atoms with E-state index in [0.717, 1.165) is 18.2 Å². The lowest BCUT2D eigenvalue weighted by Gasteiger charge is -2.46. The topological polar surface area (TPSA) is 69.6 Å². The number of β-amino-alcohol motifs (C(OH)–C–C–N with tert-alkyl or cyclic N) is 1. The maximum Gasteiger partial charge on any atom is 0.247 e. The summed E-state index contributed by atoms with van der Waals surface area (Å²) in [4.78, 5) is 24.7. The second-order valence-corrected chi connectivity index (χ2v) is 5.81. The highest BCUT2D eigenvalue weighted by molar-refractivity contribution is 5.97. The maximum absolute atomic E-state index is 13.1. The lowest BCUT2D eigenvalue weighted by atomic mass is 9.94. The summed E-state index contributed by atoms with van der Waals surface area (Å²) in [5.74, 6) is -2.67. The van der Waals surface area contributed by atoms with Crippen LogP contribution in [0.1, 0.15) is 12.5 Å². The van der Waals surface area contributed by atoms with Crippen LogP contribution in [0.3, 0.4) is 0 Å². The standard InChI is InChI=1S/C17H18F2N2O3/c1-3-15(22)21-9-17(24,10-21)8-20-16(23)11(2)6-12-4-5-13(18)14(19)7-12/h3-7,24H,1,8-10H2,2H3,(H,20,23)/b11-6+. The molecule has 128 valence electrons. The minimum absolute atomic E-state index is 0.0181. The number of amides is 2. The zero-order valence-corrected chi connectivity index (χ0v) is 13.2. The summed E-state index contributed by atoms with van der Waals surface area (Å²) in [6, 6.07) is 3.33. The SMILES string of the molecule is C=CC(=O)N1CC(O)(CNC(=O)/C(C)=C/c2ccc(F)c(F)c2)C1. The molecule has 0 saturated carbocycles. The molecule has 2 N–H and O–H groups in total. The van der Waals surface area contributed by atoms with Crippen LogP contribution in [-0.2, 0) is 9.59 Å². The molecule has 0 aromatic heterocycles. The Morgan fingerprint density at radius 1 is 1.38 bits per heavy atom. The van der Waals surface area contributed by atoms with Crippen molar-refractivity contribution < 1.29 is 23.5 Å². The fourth-order valence-corrected chi connectivity index (χ4v) is 2.36. The van der Waals surface area contributed by atoms with E-state index < -0.39 is 23.1 Å². The molecule has 1 aliphatic rings. The minimum atomic E-state index is -1.17. The van der Waals surface area contributed by atoms with Crippen LogP contribution in [0.5, 0.6) is 0 Å². The summed E-state index contributed by atoms with van der Waals surface area (Å²) in [6.45, 7) is 5.09. The lowest BCUT2D eigenvalue weighted by molar-refractivity contribution is -0.149. The molecule has 24 heavy (non-hydrogen) atoms. The Morgan fingerprint density at radius 2 is 2.04 bits per heavy atom. The molecular weight excluding hydrogens is 318 g/mol. The molecule has 1 fully saturated rings. The normalized spacial score (nSPS) is 16.3. The average Bonchev–Trinajstić information content (AvgIpc) is 2.52. The predicted molar refractivity (Wildman–Crippen MR) is 84.7 cm³/mol. The van der Waals surface area contributed by atoms with E-state index in [1.165, 1.54) is 24.0 Å². The molecule has 0 bridgehead atoms. The third kappa shape index (κ3) is 4.05. The summed E-state index contributed by atoms with van der Waals surface area (Å²) < 4.78 is 26.0. The highest BCUT2D eigenvalue weighted by Gasteiger charge is 2.43. The van der Waals surface area contributed by atoms with Gasteiger partial charge in [-0.15, -0.1) is 0 Å². The van der Waals surface area contributed by atoms with Gasteiger partial charge in [0.1, 0.15) is 5.60 Å². The number of rotatable bonds is 5. The van der Waals surface area contributed by atoms with Crippen LogP contribution in [-0.4, -0.2) is 47.1 Å². The van der Waals surface area contributed by atoms with E-state index in [1.807, 2.05) is 0 Å². The average molecular weight is 336 g/mol. The van der Waals surface area contributed by atoms with Crippen molar-refractivity contribution in [2.45, 2.75) is 12.5 Å². The Bertz CT molecular complexity index is 710. The molecule has 7 heteroatoms. The second-order valence-electron chi connectivity index (χ2n) is 5.81. The van der Waals surface area contributed by atoms with E-state index in [-0.39, 0.29) is 31.1 Å². The monoisotopic (exact) mass is 336 g/mol. The van der Waals surface area contributed by atoms with E-state index in [2.05, 4.69) is 11.9 Å². The zero-order chi connectivity index (χ0) is 17.9. The Hall–Kier alpha value is -2.54. The molecule has 1 aliphatic heterocycles. The van der Waals surface area contributed by atoms with Crippen molar-refractivity contribution in [2.75, 3.05) is 19.6 Å². The number of benzene rings is 1. The molecule has 0 atom stereocenters. The van der Waals surface area contributed by atoms with Crippen molar-refractivity contribution in [1.29, 1.82) is 0 Å². The summed E-state index contributed by atoms with van der Waals surface area (Å²) >= 11 is 0. The number of halogens is 2. The van der Waals surface area contributed by atoms with Gasteiger partial charge in [-0.1, -0.05) is 12.6 Å². The van der Waals surface area contributed by atoms with Crippen molar-refractivity contribution in [3.05, 3.63) is 53.6 Å². The number of aliphatic hydroxyl groups is 1. The summed E-state index contributed by atoms with van der Waals surface area (Å²) in [5.41, 5.74) is -0.536. The highest BCUT2D eigenvalue weighted by atomic mass is 19.2. The van der Waals surface area contributed by atoms with Gasteiger partial charge in [0, 0.05) is 5.57 Å². The molecule has 0 aliphatic carbocycles. The Kier molecular flexibility index (Phi) is 5.14. The zero-order valence-electron chi connectivity index (χ0n) is 13.2. The molecule has 2 rings (SSSR count). The molecule has 1 aromatic carbocycles. The smallest absolute Gasteiger partial charge is 0.247 e. The quantitative estimate of drug-likeness (QED) is 0.795. The molecule has 1 aromatic rings. The van der Waals surface area contributed by atoms with Gasteiger partial charge < -0.3 is 15.3 Å². The van der Waals surface area contributed by atoms with E-state index in [9.17, 15) is 23.5 Å². The first-order valence-corrected chi connectivity index (χ1v) is 7.29. The Balaban J connectivity index is 1.90. The third-order valence-electron chi connectivity index (χ3n) is 3.72. The maximum atomic E-state index is 13.1. The fraction of sp³-hybridized carbons (Fsp3) is 0.294. The first kappa shape index (κ1) is 17.8. The number of nitrogens with zero attached hydrogens (tertiary/aromatic N) is 1. The number of likely N-dealkylation sites (tertiary alicyclic amines) is 1. The van der Waals surface area contributed by atoms with E-state index in [1.54, 1.807) is 0 Å². The van der Waals surface area contributed by atoms with Crippen LogP contribution in [0.25, 0.3) is 6.08 Å². The van der Waals surface area contributed by atoms with Crippen molar-refractivity contribution >= 4 is 17.9 Å². The van der Waals surface area contributed by atoms with Crippen molar-refractivity contribution in [3.8, 4) is 0 Å². The van der Waals surface area contributed by atoms with Gasteiger partial charge in [-0.05, 0) is 36.8 Å². The number of hydrogen-bond acceptors (Lipinski definition) is 3. The fourth-order valence-electron chi connectivity index (χ4n) is 2.36. The van der Waals surface area contributed by atoms with Gasteiger partial charge in [0.05, 0.1) is 19.6 Å². The van der Waals surface area contributed by atoms with Crippen LogP contribution in [0, 0.1) is 11.6 Å². The van der Waals surface area contributed by atoms with Crippen molar-refractivity contribution in [3.63, 3.8) is 0 Å². The molecular formula is C17H18F2N2O3. The number of carbonyl (C=O) groups excluding carboxylic acids is 2. The number of nitrogens with one attached hydrogen (secondary N) is 1. The van der Waals surface area contributed by atoms with Gasteiger partial charge in [-0.25, -0.2) is 8.78 Å². The second kappa shape index (κ2) is 6.92. The Labute approximate surface area is 138 Å². The van der Waals surface area contributed by atoms with Crippen LogP contribution in [0.2, 0.25) is 0 Å². The minimum Gasteiger partial charge on any atom is -0.384 e. The van der Waals surface area contributed by atoms with E-state index in [0.29, 0.717) is 5.56 Å². The molecule has 5 nitrogen and oxygen atoms in total. The van der Waals surface area contributed by atoms with Crippen molar-refractivity contribution in [2.24, 2.45) is 0 Å². The molecule has 2 amide bonds. The summed E-state index contributed by atoms with van der Waals surface area (Å²) in [7, 11) is 0. The summed E-state index contributed by atoms with van der Waals surface area (Å²) in [5, 5.41) is 12.7. The van der Waals surface area contributed by atoms with Crippen LogP contribution >= 0.6 is 0 Å². The van der Waals surface area contributed by atoms with Gasteiger partial charge in [0.15, 0.2) is 11.6 Å². The first-order chi connectivity index (χ1) is 11.2. The van der Waals surface area contributed by atoms with Gasteiger partial charge >= 0.3 is 0 Å². The van der Waals surface area contributed by atoms with Crippen molar-refractivity contribution in [1.82, 2.24) is 10.2 Å². The van der Waals surface area contributed by atoms with Gasteiger partial charge in [0.25, 0.3) is 0 Å². The Morgan fingerprint density at radius 3 is 2.62 bits per heavy atom. The first-order valence-electron chi connectivity index (χ1n) is 7.29. The molecule has 1 heterocycles. The molecule has 0 radical (unpaired) electrons. The van der Waals surface area contributed by atoms with Crippen LogP contribution < -0.4 is 5.32 Å². The largest absolute Gasteiger partial charge is 0.384 e.